The van der Waals surface area contributed by atoms with Crippen molar-refractivity contribution in [2.24, 2.45) is 5.92 Å². The van der Waals surface area contributed by atoms with Gasteiger partial charge in [0.05, 0.1) is 19.1 Å². The number of benzene rings is 1. The first-order chi connectivity index (χ1) is 13.8. The molecule has 1 aromatic rings. The van der Waals surface area contributed by atoms with Gasteiger partial charge in [0.2, 0.25) is 5.91 Å². The zero-order valence-corrected chi connectivity index (χ0v) is 16.3. The SMILES string of the molecule is CCOC(=O)[C@H](C)C[C@@H](NC(=O)[C@H](CO)NC(=O)OCc1ccccc1)C(=O)O. The Labute approximate surface area is 168 Å². The lowest BCUT2D eigenvalue weighted by molar-refractivity contribution is -0.149. The number of hydrogen-bond donors (Lipinski definition) is 4. The molecule has 0 saturated carbocycles. The summed E-state index contributed by atoms with van der Waals surface area (Å²) in [6, 6.07) is 6.00. The summed E-state index contributed by atoms with van der Waals surface area (Å²) in [5, 5.41) is 23.0. The van der Waals surface area contributed by atoms with Gasteiger partial charge in [-0.05, 0) is 18.9 Å². The third-order valence-electron chi connectivity index (χ3n) is 3.90. The van der Waals surface area contributed by atoms with Gasteiger partial charge < -0.3 is 30.3 Å². The Hall–Kier alpha value is -3.14. The Morgan fingerprint density at radius 3 is 2.24 bits per heavy atom. The van der Waals surface area contributed by atoms with E-state index >= 15 is 0 Å². The number of carbonyl (C=O) groups excluding carboxylic acids is 3. The maximum Gasteiger partial charge on any atom is 0.408 e. The number of carbonyl (C=O) groups is 4. The monoisotopic (exact) mass is 410 g/mol. The fraction of sp³-hybridized carbons (Fsp3) is 0.474. The van der Waals surface area contributed by atoms with Crippen LogP contribution in [0.1, 0.15) is 25.8 Å². The van der Waals surface area contributed by atoms with Crippen molar-refractivity contribution in [2.45, 2.75) is 39.0 Å². The molecule has 2 amide bonds. The molecule has 1 rings (SSSR count). The summed E-state index contributed by atoms with van der Waals surface area (Å²) in [6.07, 6.45) is -1.16. The molecule has 0 unspecified atom stereocenters. The van der Waals surface area contributed by atoms with E-state index in [0.717, 1.165) is 5.56 Å². The van der Waals surface area contributed by atoms with Crippen molar-refractivity contribution in [1.29, 1.82) is 0 Å². The number of nitrogens with one attached hydrogen (secondary N) is 2. The van der Waals surface area contributed by atoms with Gasteiger partial charge in [0.25, 0.3) is 0 Å². The van der Waals surface area contributed by atoms with E-state index in [1.807, 2.05) is 0 Å². The molecule has 10 nitrogen and oxygen atoms in total. The first kappa shape index (κ1) is 23.9. The van der Waals surface area contributed by atoms with Gasteiger partial charge in [-0.1, -0.05) is 37.3 Å². The summed E-state index contributed by atoms with van der Waals surface area (Å²) in [6.45, 7) is 2.43. The molecule has 0 fully saturated rings. The number of carboxylic acid groups (broad SMARTS) is 1. The van der Waals surface area contributed by atoms with E-state index in [2.05, 4.69) is 10.6 Å². The summed E-state index contributed by atoms with van der Waals surface area (Å²) in [4.78, 5) is 47.2. The first-order valence-corrected chi connectivity index (χ1v) is 9.06. The molecule has 0 spiro atoms. The van der Waals surface area contributed by atoms with Crippen molar-refractivity contribution in [3.05, 3.63) is 35.9 Å². The molecule has 0 saturated heterocycles. The van der Waals surface area contributed by atoms with Crippen LogP contribution in [0.2, 0.25) is 0 Å². The van der Waals surface area contributed by atoms with E-state index < -0.39 is 48.5 Å². The highest BCUT2D eigenvalue weighted by Crippen LogP contribution is 2.09. The van der Waals surface area contributed by atoms with Crippen LogP contribution in [-0.4, -0.2) is 59.4 Å². The maximum absolute atomic E-state index is 12.3. The predicted molar refractivity (Wildman–Crippen MR) is 101 cm³/mol. The van der Waals surface area contributed by atoms with Crippen LogP contribution in [0.3, 0.4) is 0 Å². The number of aliphatic hydroxyl groups is 1. The number of rotatable bonds is 11. The summed E-state index contributed by atoms with van der Waals surface area (Å²) in [7, 11) is 0. The molecule has 0 radical (unpaired) electrons. The van der Waals surface area contributed by atoms with Crippen LogP contribution in [0.25, 0.3) is 0 Å². The highest BCUT2D eigenvalue weighted by atomic mass is 16.5. The number of hydrogen-bond acceptors (Lipinski definition) is 7. The van der Waals surface area contributed by atoms with Crippen molar-refractivity contribution in [3.63, 3.8) is 0 Å². The maximum atomic E-state index is 12.3. The number of alkyl carbamates (subject to hydrolysis) is 1. The average molecular weight is 410 g/mol. The highest BCUT2D eigenvalue weighted by Gasteiger charge is 2.29. The Morgan fingerprint density at radius 2 is 1.69 bits per heavy atom. The van der Waals surface area contributed by atoms with Gasteiger partial charge in [-0.2, -0.15) is 0 Å². The normalized spacial score (nSPS) is 13.5. The van der Waals surface area contributed by atoms with Crippen LogP contribution in [0.4, 0.5) is 4.79 Å². The zero-order valence-electron chi connectivity index (χ0n) is 16.3. The minimum Gasteiger partial charge on any atom is -0.480 e. The second kappa shape index (κ2) is 12.3. The summed E-state index contributed by atoms with van der Waals surface area (Å²) >= 11 is 0. The van der Waals surface area contributed by atoms with Crippen molar-refractivity contribution in [2.75, 3.05) is 13.2 Å². The molecule has 0 bridgehead atoms. The lowest BCUT2D eigenvalue weighted by Gasteiger charge is -2.21. The second-order valence-electron chi connectivity index (χ2n) is 6.23. The van der Waals surface area contributed by atoms with Crippen LogP contribution < -0.4 is 10.6 Å². The first-order valence-electron chi connectivity index (χ1n) is 9.06. The van der Waals surface area contributed by atoms with Crippen LogP contribution in [0.5, 0.6) is 0 Å². The topological polar surface area (TPSA) is 151 Å². The smallest absolute Gasteiger partial charge is 0.408 e. The molecule has 3 atom stereocenters. The van der Waals surface area contributed by atoms with Crippen molar-refractivity contribution < 1.29 is 38.9 Å². The molecule has 160 valence electrons. The molecule has 0 aliphatic rings. The lowest BCUT2D eigenvalue weighted by Crippen LogP contribution is -2.53. The predicted octanol–water partition coefficient (Wildman–Crippen LogP) is 0.432. The Kier molecular flexibility index (Phi) is 10.2. The third-order valence-corrected chi connectivity index (χ3v) is 3.90. The van der Waals surface area contributed by atoms with Gasteiger partial charge in [0, 0.05) is 0 Å². The minimum atomic E-state index is -1.42. The number of carboxylic acids is 1. The molecule has 0 aliphatic carbocycles. The van der Waals surface area contributed by atoms with Gasteiger partial charge >= 0.3 is 18.0 Å². The summed E-state index contributed by atoms with van der Waals surface area (Å²) < 4.78 is 9.78. The van der Waals surface area contributed by atoms with E-state index in [9.17, 15) is 29.4 Å². The van der Waals surface area contributed by atoms with Crippen LogP contribution in [0.15, 0.2) is 30.3 Å². The number of ether oxygens (including phenoxy) is 2. The van der Waals surface area contributed by atoms with Gasteiger partial charge in [-0.15, -0.1) is 0 Å². The van der Waals surface area contributed by atoms with Crippen molar-refractivity contribution >= 4 is 23.9 Å². The molecule has 0 aromatic heterocycles. The standard InChI is InChI=1S/C19H26N2O8/c1-3-28-18(26)12(2)9-14(17(24)25)20-16(23)15(10-22)21-19(27)29-11-13-7-5-4-6-8-13/h4-8,12,14-15,22H,3,9-11H2,1-2H3,(H,20,23)(H,21,27)(H,24,25)/t12-,14-,15+/m1/s1. The summed E-state index contributed by atoms with van der Waals surface area (Å²) in [5.41, 5.74) is 0.728. The van der Waals surface area contributed by atoms with E-state index in [4.69, 9.17) is 9.47 Å². The lowest BCUT2D eigenvalue weighted by atomic mass is 10.0. The van der Waals surface area contributed by atoms with Gasteiger partial charge in [0.15, 0.2) is 0 Å². The molecule has 0 heterocycles. The second-order valence-corrected chi connectivity index (χ2v) is 6.23. The largest absolute Gasteiger partial charge is 0.480 e. The van der Waals surface area contributed by atoms with E-state index in [1.165, 1.54) is 6.92 Å². The van der Waals surface area contributed by atoms with Crippen molar-refractivity contribution in [3.8, 4) is 0 Å². The highest BCUT2D eigenvalue weighted by molar-refractivity contribution is 5.89. The van der Waals surface area contributed by atoms with Crippen LogP contribution >= 0.6 is 0 Å². The van der Waals surface area contributed by atoms with Crippen LogP contribution in [0, 0.1) is 5.92 Å². The Morgan fingerprint density at radius 1 is 1.03 bits per heavy atom. The molecular weight excluding hydrogens is 384 g/mol. The summed E-state index contributed by atoms with van der Waals surface area (Å²) in [5.74, 6) is -3.65. The Bertz CT molecular complexity index is 695. The molecule has 1 aromatic carbocycles. The number of aliphatic hydroxyl groups excluding tert-OH is 1. The van der Waals surface area contributed by atoms with E-state index in [0.29, 0.717) is 0 Å². The molecular formula is C19H26N2O8. The van der Waals surface area contributed by atoms with Crippen molar-refractivity contribution in [1.82, 2.24) is 10.6 Å². The number of aliphatic carboxylic acids is 1. The molecule has 29 heavy (non-hydrogen) atoms. The minimum absolute atomic E-state index is 0.0404. The molecule has 0 aliphatic heterocycles. The third kappa shape index (κ3) is 8.60. The fourth-order valence-electron chi connectivity index (χ4n) is 2.33. The van der Waals surface area contributed by atoms with E-state index in [-0.39, 0.29) is 19.6 Å². The van der Waals surface area contributed by atoms with Crippen LogP contribution in [-0.2, 0) is 30.5 Å². The average Bonchev–Trinajstić information content (AvgIpc) is 2.70. The van der Waals surface area contributed by atoms with Gasteiger partial charge in [-0.3, -0.25) is 9.59 Å². The fourth-order valence-corrected chi connectivity index (χ4v) is 2.33. The molecule has 4 N–H and O–H groups in total. The Balaban J connectivity index is 2.60. The quantitative estimate of drug-likeness (QED) is 0.384. The number of esters is 1. The number of amides is 2. The zero-order chi connectivity index (χ0) is 21.8. The van der Waals surface area contributed by atoms with E-state index in [1.54, 1.807) is 37.3 Å². The van der Waals surface area contributed by atoms with Gasteiger partial charge in [-0.25, -0.2) is 9.59 Å². The van der Waals surface area contributed by atoms with Gasteiger partial charge in [0.1, 0.15) is 18.7 Å². The molecule has 10 heteroatoms.